The van der Waals surface area contributed by atoms with Gasteiger partial charge in [-0.2, -0.15) is 0 Å². The highest BCUT2D eigenvalue weighted by Crippen LogP contribution is 2.27. The maximum Gasteiger partial charge on any atom is 0.123 e. The van der Waals surface area contributed by atoms with Crippen molar-refractivity contribution in [3.8, 4) is 5.75 Å². The van der Waals surface area contributed by atoms with Crippen LogP contribution in [0.25, 0.3) is 0 Å². The van der Waals surface area contributed by atoms with Gasteiger partial charge in [0.25, 0.3) is 0 Å². The largest absolute Gasteiger partial charge is 0.496 e. The second-order valence-corrected chi connectivity index (χ2v) is 6.44. The molecule has 118 valence electrons. The second kappa shape index (κ2) is 6.80. The third-order valence-corrected chi connectivity index (χ3v) is 5.06. The van der Waals surface area contributed by atoms with E-state index in [4.69, 9.17) is 4.74 Å². The molecule has 0 aromatic heterocycles. The van der Waals surface area contributed by atoms with E-state index in [1.807, 2.05) is 0 Å². The van der Waals surface area contributed by atoms with Crippen molar-refractivity contribution in [3.63, 3.8) is 0 Å². The number of rotatable bonds is 5. The van der Waals surface area contributed by atoms with Gasteiger partial charge in [-0.1, -0.05) is 31.5 Å². The second-order valence-electron chi connectivity index (χ2n) is 6.44. The van der Waals surface area contributed by atoms with Crippen LogP contribution >= 0.6 is 0 Å². The maximum atomic E-state index is 5.54. The summed E-state index contributed by atoms with van der Waals surface area (Å²) in [6.07, 6.45) is 2.36. The summed E-state index contributed by atoms with van der Waals surface area (Å²) in [6.45, 7) is 12.2. The highest BCUT2D eigenvalue weighted by molar-refractivity contribution is 5.37. The summed E-state index contributed by atoms with van der Waals surface area (Å²) >= 11 is 0. The van der Waals surface area contributed by atoms with Gasteiger partial charge in [-0.3, -0.25) is 4.90 Å². The van der Waals surface area contributed by atoms with Gasteiger partial charge in [-0.05, 0) is 32.8 Å². The third kappa shape index (κ3) is 3.58. The highest BCUT2D eigenvalue weighted by Gasteiger charge is 2.35. The van der Waals surface area contributed by atoms with Gasteiger partial charge in [-0.15, -0.1) is 0 Å². The lowest BCUT2D eigenvalue weighted by atomic mass is 9.88. The molecule has 1 N–H and O–H groups in total. The molecule has 0 saturated carbocycles. The average molecular weight is 290 g/mol. The molecule has 3 nitrogen and oxygen atoms in total. The van der Waals surface area contributed by atoms with E-state index in [9.17, 15) is 0 Å². The van der Waals surface area contributed by atoms with Gasteiger partial charge in [0, 0.05) is 36.8 Å². The van der Waals surface area contributed by atoms with Crippen molar-refractivity contribution in [1.29, 1.82) is 0 Å². The van der Waals surface area contributed by atoms with Crippen LogP contribution in [-0.4, -0.2) is 36.7 Å². The molecular formula is C18H30N2O. The molecular weight excluding hydrogens is 260 g/mol. The first kappa shape index (κ1) is 16.3. The number of aryl methyl sites for hydroxylation is 1. The van der Waals surface area contributed by atoms with Crippen molar-refractivity contribution in [2.75, 3.05) is 20.2 Å². The topological polar surface area (TPSA) is 24.5 Å². The van der Waals surface area contributed by atoms with Crippen LogP contribution in [0.3, 0.4) is 0 Å². The smallest absolute Gasteiger partial charge is 0.123 e. The first-order valence-electron chi connectivity index (χ1n) is 8.16. The number of nitrogens with zero attached hydrogens (tertiary/aromatic N) is 1. The summed E-state index contributed by atoms with van der Waals surface area (Å²) in [7, 11) is 1.76. The zero-order chi connectivity index (χ0) is 15.5. The predicted molar refractivity (Wildman–Crippen MR) is 88.9 cm³/mol. The lowest BCUT2D eigenvalue weighted by Gasteiger charge is -2.46. The standard InChI is InChI=1S/C18H30N2O/c1-6-18(7-2)13-20(15(4)11-19-18)12-16-10-14(3)8-9-17(16)21-5/h8-10,15,19H,6-7,11-13H2,1-5H3. The van der Waals surface area contributed by atoms with Gasteiger partial charge in [0.15, 0.2) is 0 Å². The SMILES string of the molecule is CCC1(CC)CN(Cc2cc(C)ccc2OC)C(C)CN1. The highest BCUT2D eigenvalue weighted by atomic mass is 16.5. The van der Waals surface area contributed by atoms with E-state index in [0.717, 1.165) is 25.4 Å². The van der Waals surface area contributed by atoms with Crippen LogP contribution < -0.4 is 10.1 Å². The fourth-order valence-electron chi connectivity index (χ4n) is 3.28. The average Bonchev–Trinajstić information content (AvgIpc) is 2.50. The summed E-state index contributed by atoms with van der Waals surface area (Å²) < 4.78 is 5.54. The van der Waals surface area contributed by atoms with E-state index in [1.54, 1.807) is 7.11 Å². The molecule has 0 aliphatic carbocycles. The molecule has 1 unspecified atom stereocenters. The molecule has 21 heavy (non-hydrogen) atoms. The summed E-state index contributed by atoms with van der Waals surface area (Å²) in [5.41, 5.74) is 2.86. The number of hydrogen-bond acceptors (Lipinski definition) is 3. The Bertz CT molecular complexity index is 468. The molecule has 1 fully saturated rings. The maximum absolute atomic E-state index is 5.54. The zero-order valence-corrected chi connectivity index (χ0v) is 14.2. The molecule has 1 heterocycles. The molecule has 1 aromatic carbocycles. The van der Waals surface area contributed by atoms with Gasteiger partial charge in [0.1, 0.15) is 5.75 Å². The van der Waals surface area contributed by atoms with Crippen molar-refractivity contribution >= 4 is 0 Å². The Balaban J connectivity index is 2.19. The molecule has 1 aliphatic heterocycles. The lowest BCUT2D eigenvalue weighted by molar-refractivity contribution is 0.0739. The van der Waals surface area contributed by atoms with E-state index in [0.29, 0.717) is 6.04 Å². The Morgan fingerprint density at radius 2 is 2.05 bits per heavy atom. The fraction of sp³-hybridized carbons (Fsp3) is 0.667. The van der Waals surface area contributed by atoms with E-state index in [2.05, 4.69) is 56.1 Å². The fourth-order valence-corrected chi connectivity index (χ4v) is 3.28. The van der Waals surface area contributed by atoms with Gasteiger partial charge in [-0.25, -0.2) is 0 Å². The van der Waals surface area contributed by atoms with Gasteiger partial charge < -0.3 is 10.1 Å². The number of hydrogen-bond donors (Lipinski definition) is 1. The molecule has 2 rings (SSSR count). The molecule has 1 atom stereocenters. The summed E-state index contributed by atoms with van der Waals surface area (Å²) in [6, 6.07) is 7.02. The van der Waals surface area contributed by atoms with Gasteiger partial charge >= 0.3 is 0 Å². The van der Waals surface area contributed by atoms with Crippen molar-refractivity contribution in [2.24, 2.45) is 0 Å². The van der Waals surface area contributed by atoms with Crippen LogP contribution in [0, 0.1) is 6.92 Å². The lowest BCUT2D eigenvalue weighted by Crippen LogP contribution is -2.62. The molecule has 0 amide bonds. The molecule has 3 heteroatoms. The van der Waals surface area contributed by atoms with E-state index < -0.39 is 0 Å². The monoisotopic (exact) mass is 290 g/mol. The predicted octanol–water partition coefficient (Wildman–Crippen LogP) is 3.36. The Morgan fingerprint density at radius 3 is 2.67 bits per heavy atom. The summed E-state index contributed by atoms with van der Waals surface area (Å²) in [5, 5.41) is 3.76. The molecule has 0 bridgehead atoms. The Morgan fingerprint density at radius 1 is 1.33 bits per heavy atom. The van der Waals surface area contributed by atoms with E-state index in [1.165, 1.54) is 24.0 Å². The molecule has 1 aliphatic rings. The van der Waals surface area contributed by atoms with Crippen LogP contribution in [0.15, 0.2) is 18.2 Å². The van der Waals surface area contributed by atoms with Crippen LogP contribution in [0.2, 0.25) is 0 Å². The number of methoxy groups -OCH3 is 1. The van der Waals surface area contributed by atoms with Crippen molar-refractivity contribution in [2.45, 2.75) is 58.7 Å². The van der Waals surface area contributed by atoms with Crippen LogP contribution in [0.4, 0.5) is 0 Å². The normalized spacial score (nSPS) is 22.2. The van der Waals surface area contributed by atoms with E-state index >= 15 is 0 Å². The summed E-state index contributed by atoms with van der Waals surface area (Å²) in [4.78, 5) is 2.60. The Hall–Kier alpha value is -1.06. The number of benzene rings is 1. The zero-order valence-electron chi connectivity index (χ0n) is 14.2. The Kier molecular flexibility index (Phi) is 5.28. The number of piperazine rings is 1. The van der Waals surface area contributed by atoms with Gasteiger partial charge in [0.2, 0.25) is 0 Å². The number of ether oxygens (including phenoxy) is 1. The molecule has 0 spiro atoms. The quantitative estimate of drug-likeness (QED) is 0.900. The minimum atomic E-state index is 0.267. The van der Waals surface area contributed by atoms with Crippen LogP contribution in [-0.2, 0) is 6.54 Å². The van der Waals surface area contributed by atoms with Crippen LogP contribution in [0.1, 0.15) is 44.7 Å². The third-order valence-electron chi connectivity index (χ3n) is 5.06. The molecule has 1 aromatic rings. The number of nitrogens with one attached hydrogen (secondary N) is 1. The minimum absolute atomic E-state index is 0.267. The Labute approximate surface area is 129 Å². The summed E-state index contributed by atoms with van der Waals surface area (Å²) in [5.74, 6) is 1.00. The van der Waals surface area contributed by atoms with Crippen molar-refractivity contribution in [1.82, 2.24) is 10.2 Å². The van der Waals surface area contributed by atoms with Gasteiger partial charge in [0.05, 0.1) is 7.11 Å². The van der Waals surface area contributed by atoms with E-state index in [-0.39, 0.29) is 5.54 Å². The first-order chi connectivity index (χ1) is 10.0. The molecule has 0 radical (unpaired) electrons. The van der Waals surface area contributed by atoms with Crippen molar-refractivity contribution < 1.29 is 4.74 Å². The molecule has 1 saturated heterocycles. The first-order valence-corrected chi connectivity index (χ1v) is 8.16. The minimum Gasteiger partial charge on any atom is -0.496 e. The van der Waals surface area contributed by atoms with Crippen LogP contribution in [0.5, 0.6) is 5.75 Å². The van der Waals surface area contributed by atoms with Crippen molar-refractivity contribution in [3.05, 3.63) is 29.3 Å².